The van der Waals surface area contributed by atoms with Gasteiger partial charge in [0, 0.05) is 19.3 Å². The van der Waals surface area contributed by atoms with Crippen LogP contribution in [0.5, 0.6) is 0 Å². The number of anilines is 1. The predicted molar refractivity (Wildman–Crippen MR) is 80.0 cm³/mol. The van der Waals surface area contributed by atoms with Crippen LogP contribution < -0.4 is 4.90 Å². The first-order chi connectivity index (χ1) is 10.7. The first-order valence-electron chi connectivity index (χ1n) is 7.66. The molecule has 1 aromatic rings. The fourth-order valence-electron chi connectivity index (χ4n) is 2.94. The molecule has 1 unspecified atom stereocenters. The summed E-state index contributed by atoms with van der Waals surface area (Å²) in [4.78, 5) is 18.1. The lowest BCUT2D eigenvalue weighted by molar-refractivity contribution is -0.156. The highest BCUT2D eigenvalue weighted by Crippen LogP contribution is 2.41. The minimum Gasteiger partial charge on any atom is -0.466 e. The summed E-state index contributed by atoms with van der Waals surface area (Å²) in [5, 5.41) is 0. The fourth-order valence-corrected chi connectivity index (χ4v) is 2.94. The lowest BCUT2D eigenvalue weighted by atomic mass is 9.76. The van der Waals surface area contributed by atoms with Gasteiger partial charge in [-0.15, -0.1) is 0 Å². The van der Waals surface area contributed by atoms with Crippen molar-refractivity contribution < 1.29 is 22.7 Å². The van der Waals surface area contributed by atoms with Crippen molar-refractivity contribution in [1.82, 2.24) is 4.98 Å². The minimum absolute atomic E-state index is 0.0253. The van der Waals surface area contributed by atoms with Gasteiger partial charge in [0.05, 0.1) is 17.6 Å². The summed E-state index contributed by atoms with van der Waals surface area (Å²) in [6.07, 6.45) is -2.72. The van der Waals surface area contributed by atoms with Crippen molar-refractivity contribution in [3.63, 3.8) is 0 Å². The largest absolute Gasteiger partial charge is 0.466 e. The number of nitrogens with zero attached hydrogens (tertiary/aromatic N) is 2. The number of carbonyl (C=O) groups is 1. The van der Waals surface area contributed by atoms with Crippen LogP contribution in [0.2, 0.25) is 0 Å². The SMILES string of the molecule is CCOC(=O)C1(C(C)C)CCN(c2cc(C(F)(F)F)ccn2)C1. The highest BCUT2D eigenvalue weighted by molar-refractivity contribution is 5.79. The second-order valence-electron chi connectivity index (χ2n) is 6.10. The molecular formula is C16H21F3N2O2. The van der Waals surface area contributed by atoms with Crippen LogP contribution in [0.4, 0.5) is 19.0 Å². The third kappa shape index (κ3) is 3.43. The molecule has 128 valence electrons. The van der Waals surface area contributed by atoms with Crippen molar-refractivity contribution >= 4 is 11.8 Å². The highest BCUT2D eigenvalue weighted by atomic mass is 19.4. The number of carbonyl (C=O) groups excluding carboxylic acids is 1. The molecule has 1 atom stereocenters. The Balaban J connectivity index is 2.26. The number of ether oxygens (including phenoxy) is 1. The van der Waals surface area contributed by atoms with Crippen LogP contribution in [-0.4, -0.2) is 30.6 Å². The number of esters is 1. The van der Waals surface area contributed by atoms with Gasteiger partial charge in [-0.2, -0.15) is 13.2 Å². The minimum atomic E-state index is -4.41. The molecule has 0 saturated carbocycles. The van der Waals surface area contributed by atoms with E-state index in [4.69, 9.17) is 4.74 Å². The summed E-state index contributed by atoms with van der Waals surface area (Å²) in [6.45, 7) is 6.69. The van der Waals surface area contributed by atoms with Crippen LogP contribution in [0.25, 0.3) is 0 Å². The summed E-state index contributed by atoms with van der Waals surface area (Å²) in [7, 11) is 0. The summed E-state index contributed by atoms with van der Waals surface area (Å²) in [5.74, 6) is -0.0199. The average Bonchev–Trinajstić information content (AvgIpc) is 2.93. The Morgan fingerprint density at radius 1 is 1.48 bits per heavy atom. The van der Waals surface area contributed by atoms with Crippen molar-refractivity contribution in [3.05, 3.63) is 23.9 Å². The Morgan fingerprint density at radius 3 is 2.74 bits per heavy atom. The molecule has 1 aromatic heterocycles. The lowest BCUT2D eigenvalue weighted by Crippen LogP contribution is -2.40. The Labute approximate surface area is 133 Å². The molecule has 0 bridgehead atoms. The van der Waals surface area contributed by atoms with Crippen LogP contribution in [0.15, 0.2) is 18.3 Å². The Hall–Kier alpha value is -1.79. The van der Waals surface area contributed by atoms with E-state index in [1.54, 1.807) is 11.8 Å². The summed E-state index contributed by atoms with van der Waals surface area (Å²) in [6, 6.07) is 1.97. The fraction of sp³-hybridized carbons (Fsp3) is 0.625. The van der Waals surface area contributed by atoms with Gasteiger partial charge in [0.15, 0.2) is 0 Å². The van der Waals surface area contributed by atoms with E-state index in [-0.39, 0.29) is 24.3 Å². The van der Waals surface area contributed by atoms with Crippen molar-refractivity contribution in [2.45, 2.75) is 33.4 Å². The van der Waals surface area contributed by atoms with Gasteiger partial charge in [0.2, 0.25) is 0 Å². The smallest absolute Gasteiger partial charge is 0.416 e. The van der Waals surface area contributed by atoms with Gasteiger partial charge in [0.1, 0.15) is 5.82 Å². The molecule has 4 nitrogen and oxygen atoms in total. The maximum absolute atomic E-state index is 12.8. The molecule has 1 aliphatic heterocycles. The zero-order valence-corrected chi connectivity index (χ0v) is 13.5. The molecule has 0 aromatic carbocycles. The quantitative estimate of drug-likeness (QED) is 0.792. The number of alkyl halides is 3. The van der Waals surface area contributed by atoms with Crippen molar-refractivity contribution in [1.29, 1.82) is 0 Å². The highest BCUT2D eigenvalue weighted by Gasteiger charge is 2.48. The van der Waals surface area contributed by atoms with E-state index in [2.05, 4.69) is 4.98 Å². The van der Waals surface area contributed by atoms with Crippen LogP contribution in [0, 0.1) is 11.3 Å². The van der Waals surface area contributed by atoms with Crippen molar-refractivity contribution in [2.24, 2.45) is 11.3 Å². The molecule has 2 heterocycles. The summed E-state index contributed by atoms with van der Waals surface area (Å²) in [5.41, 5.74) is -1.44. The van der Waals surface area contributed by atoms with Gasteiger partial charge in [-0.25, -0.2) is 4.98 Å². The third-order valence-electron chi connectivity index (χ3n) is 4.48. The molecule has 0 radical (unpaired) electrons. The van der Waals surface area contributed by atoms with Gasteiger partial charge in [0.25, 0.3) is 0 Å². The molecule has 0 amide bonds. The maximum atomic E-state index is 12.8. The van der Waals surface area contributed by atoms with Crippen molar-refractivity contribution in [2.75, 3.05) is 24.6 Å². The number of rotatable bonds is 4. The predicted octanol–water partition coefficient (Wildman–Crippen LogP) is 3.52. The average molecular weight is 330 g/mol. The molecule has 1 saturated heterocycles. The molecule has 1 aliphatic rings. The van der Waals surface area contributed by atoms with Crippen LogP contribution >= 0.6 is 0 Å². The van der Waals surface area contributed by atoms with E-state index >= 15 is 0 Å². The molecule has 2 rings (SSSR count). The van der Waals surface area contributed by atoms with E-state index < -0.39 is 17.2 Å². The van der Waals surface area contributed by atoms with Crippen molar-refractivity contribution in [3.8, 4) is 0 Å². The van der Waals surface area contributed by atoms with Crippen LogP contribution in [0.1, 0.15) is 32.8 Å². The molecule has 7 heteroatoms. The van der Waals surface area contributed by atoms with Crippen LogP contribution in [0.3, 0.4) is 0 Å². The second-order valence-corrected chi connectivity index (χ2v) is 6.10. The number of hydrogen-bond donors (Lipinski definition) is 0. The molecule has 23 heavy (non-hydrogen) atoms. The number of hydrogen-bond acceptors (Lipinski definition) is 4. The molecule has 0 N–H and O–H groups in total. The van der Waals surface area contributed by atoms with Gasteiger partial charge < -0.3 is 9.64 Å². The van der Waals surface area contributed by atoms with Gasteiger partial charge in [-0.05, 0) is 31.4 Å². The lowest BCUT2D eigenvalue weighted by Gasteiger charge is -2.31. The monoisotopic (exact) mass is 330 g/mol. The van der Waals surface area contributed by atoms with E-state index in [0.717, 1.165) is 18.3 Å². The Bertz CT molecular complexity index is 575. The van der Waals surface area contributed by atoms with E-state index in [0.29, 0.717) is 19.5 Å². The Morgan fingerprint density at radius 2 is 2.17 bits per heavy atom. The van der Waals surface area contributed by atoms with Crippen LogP contribution in [-0.2, 0) is 15.7 Å². The summed E-state index contributed by atoms with van der Waals surface area (Å²) >= 11 is 0. The van der Waals surface area contributed by atoms with Gasteiger partial charge in [-0.1, -0.05) is 13.8 Å². The first kappa shape index (κ1) is 17.6. The Kier molecular flexibility index (Phi) is 4.87. The number of halogens is 3. The second kappa shape index (κ2) is 6.37. The molecular weight excluding hydrogens is 309 g/mol. The zero-order valence-electron chi connectivity index (χ0n) is 13.5. The summed E-state index contributed by atoms with van der Waals surface area (Å²) < 4.78 is 43.7. The standard InChI is InChI=1S/C16H21F3N2O2/c1-4-23-14(22)15(11(2)3)6-8-21(10-15)13-9-12(5-7-20-13)16(17,18)19/h5,7,9,11H,4,6,8,10H2,1-3H3. The molecule has 0 aliphatic carbocycles. The van der Waals surface area contributed by atoms with Gasteiger partial charge >= 0.3 is 12.1 Å². The maximum Gasteiger partial charge on any atom is 0.416 e. The first-order valence-corrected chi connectivity index (χ1v) is 7.66. The molecule has 1 fully saturated rings. The molecule has 0 spiro atoms. The number of pyridine rings is 1. The zero-order chi connectivity index (χ0) is 17.3. The van der Waals surface area contributed by atoms with E-state index in [1.165, 1.54) is 0 Å². The normalized spacial score (nSPS) is 21.8. The topological polar surface area (TPSA) is 42.4 Å². The van der Waals surface area contributed by atoms with E-state index in [1.807, 2.05) is 13.8 Å². The van der Waals surface area contributed by atoms with E-state index in [9.17, 15) is 18.0 Å². The van der Waals surface area contributed by atoms with Gasteiger partial charge in [-0.3, -0.25) is 4.79 Å². The third-order valence-corrected chi connectivity index (χ3v) is 4.48. The number of aromatic nitrogens is 1.